The maximum Gasteiger partial charge on any atom is 0.408 e. The SMILES string of the molecule is O=C(N[C@@H]1CCCCC/C=C\[C@H]2C[C@]2(C(=O)O)NC(=O)[C@@H]2C[C@@H](O/N=C/c3ccccc3-c3ccccc3)CN2C1=O)OC1CCCC1. The van der Waals surface area contributed by atoms with Gasteiger partial charge >= 0.3 is 12.1 Å². The average Bonchev–Trinajstić information content (AvgIpc) is 3.37. The zero-order valence-corrected chi connectivity index (χ0v) is 27.1. The second-order valence-electron chi connectivity index (χ2n) is 13.3. The van der Waals surface area contributed by atoms with Crippen molar-refractivity contribution in [1.82, 2.24) is 15.5 Å². The highest BCUT2D eigenvalue weighted by atomic mass is 16.6. The summed E-state index contributed by atoms with van der Waals surface area (Å²) in [4.78, 5) is 60.6. The highest BCUT2D eigenvalue weighted by Crippen LogP contribution is 2.45. The van der Waals surface area contributed by atoms with Gasteiger partial charge in [0.2, 0.25) is 11.8 Å². The van der Waals surface area contributed by atoms with Gasteiger partial charge in [-0.2, -0.15) is 0 Å². The number of alkyl carbamates (subject to hydrolysis) is 1. The van der Waals surface area contributed by atoms with Crippen LogP contribution in [0, 0.1) is 5.92 Å². The normalized spacial score (nSPS) is 28.8. The molecule has 11 nitrogen and oxygen atoms in total. The van der Waals surface area contributed by atoms with Crippen molar-refractivity contribution in [2.45, 2.75) is 100 Å². The van der Waals surface area contributed by atoms with Crippen molar-refractivity contribution in [2.75, 3.05) is 6.54 Å². The standard InChI is InChI=1S/C37H44N4O7/c42-33-32-21-29(48-38-23-26-15-9-12-19-30(26)25-13-5-4-6-14-25)24-41(32)34(43)31(39-36(46)47-28-17-10-11-18-28)20-8-3-1-2-7-16-27-22-37(27,40-33)35(44)45/h4-7,9,12-16,19,23,27-29,31-32H,1-3,8,10-11,17-18,20-22,24H2,(H,39,46)(H,40,42)(H,44,45)/b16-7-,38-23+/t27-,29+,31+,32-,37-/m0/s1. The van der Waals surface area contributed by atoms with Gasteiger partial charge < -0.3 is 30.2 Å². The number of aliphatic carboxylic acids is 1. The molecule has 11 heteroatoms. The number of nitrogens with one attached hydrogen (secondary N) is 2. The molecule has 0 spiro atoms. The highest BCUT2D eigenvalue weighted by molar-refractivity contribution is 5.96. The van der Waals surface area contributed by atoms with Gasteiger partial charge in [-0.1, -0.05) is 84.7 Å². The van der Waals surface area contributed by atoms with E-state index in [1.807, 2.05) is 66.7 Å². The summed E-state index contributed by atoms with van der Waals surface area (Å²) in [5.74, 6) is -2.41. The largest absolute Gasteiger partial charge is 0.479 e. The number of oxime groups is 1. The number of nitrogens with zero attached hydrogens (tertiary/aromatic N) is 2. The number of fused-ring (bicyclic) bond motifs is 2. The number of carboxylic acids is 1. The molecule has 4 aliphatic rings. The molecule has 2 saturated carbocycles. The van der Waals surface area contributed by atoms with Gasteiger partial charge in [-0.05, 0) is 62.5 Å². The van der Waals surface area contributed by atoms with Gasteiger partial charge in [-0.15, -0.1) is 0 Å². The average molecular weight is 657 g/mol. The third-order valence-corrected chi connectivity index (χ3v) is 9.94. The van der Waals surface area contributed by atoms with Crippen LogP contribution in [0.25, 0.3) is 11.1 Å². The number of hydrogen-bond donors (Lipinski definition) is 3. The van der Waals surface area contributed by atoms with Crippen molar-refractivity contribution in [3.05, 3.63) is 72.3 Å². The van der Waals surface area contributed by atoms with Crippen LogP contribution < -0.4 is 10.6 Å². The Balaban J connectivity index is 1.22. The maximum atomic E-state index is 14.2. The molecule has 2 aliphatic carbocycles. The van der Waals surface area contributed by atoms with Crippen molar-refractivity contribution in [1.29, 1.82) is 0 Å². The minimum absolute atomic E-state index is 0.0495. The number of allylic oxidation sites excluding steroid dienone is 1. The Morgan fingerprint density at radius 1 is 0.958 bits per heavy atom. The maximum absolute atomic E-state index is 14.2. The first kappa shape index (κ1) is 33.2. The Morgan fingerprint density at radius 2 is 1.71 bits per heavy atom. The molecule has 2 aromatic rings. The topological polar surface area (TPSA) is 147 Å². The lowest BCUT2D eigenvalue weighted by Crippen LogP contribution is -2.56. The van der Waals surface area contributed by atoms with Gasteiger partial charge in [-0.25, -0.2) is 9.59 Å². The number of ether oxygens (including phenoxy) is 1. The molecule has 0 aromatic heterocycles. The van der Waals surface area contributed by atoms with Gasteiger partial charge in [0, 0.05) is 17.9 Å². The molecule has 2 aromatic carbocycles. The van der Waals surface area contributed by atoms with E-state index in [4.69, 9.17) is 9.57 Å². The summed E-state index contributed by atoms with van der Waals surface area (Å²) < 4.78 is 5.62. The fourth-order valence-corrected chi connectivity index (χ4v) is 7.14. The lowest BCUT2D eigenvalue weighted by Gasteiger charge is -2.29. The van der Waals surface area contributed by atoms with Crippen molar-refractivity contribution < 1.29 is 33.9 Å². The van der Waals surface area contributed by atoms with Gasteiger partial charge in [0.05, 0.1) is 12.8 Å². The van der Waals surface area contributed by atoms with E-state index in [2.05, 4.69) is 15.8 Å². The van der Waals surface area contributed by atoms with Gasteiger partial charge in [0.1, 0.15) is 29.8 Å². The quantitative estimate of drug-likeness (QED) is 0.211. The molecule has 5 atom stereocenters. The number of carbonyl (C=O) groups excluding carboxylic acids is 3. The smallest absolute Gasteiger partial charge is 0.408 e. The van der Waals surface area contributed by atoms with Gasteiger partial charge in [0.15, 0.2) is 0 Å². The van der Waals surface area contributed by atoms with Gasteiger partial charge in [-0.3, -0.25) is 9.59 Å². The first-order chi connectivity index (χ1) is 23.3. The number of amides is 3. The van der Waals surface area contributed by atoms with E-state index in [1.165, 1.54) is 4.90 Å². The summed E-state index contributed by atoms with van der Waals surface area (Å²) in [6.07, 6.45) is 11.6. The van der Waals surface area contributed by atoms with Crippen molar-refractivity contribution in [3.8, 4) is 11.1 Å². The van der Waals surface area contributed by atoms with Gasteiger partial charge in [0.25, 0.3) is 0 Å². The predicted molar refractivity (Wildman–Crippen MR) is 179 cm³/mol. The molecule has 0 radical (unpaired) electrons. The second-order valence-corrected chi connectivity index (χ2v) is 13.3. The second kappa shape index (κ2) is 15.0. The number of rotatable bonds is 7. The van der Waals surface area contributed by atoms with E-state index >= 15 is 0 Å². The summed E-state index contributed by atoms with van der Waals surface area (Å²) >= 11 is 0. The Morgan fingerprint density at radius 3 is 2.50 bits per heavy atom. The van der Waals surface area contributed by atoms with E-state index in [0.29, 0.717) is 12.8 Å². The van der Waals surface area contributed by atoms with Crippen molar-refractivity contribution in [2.24, 2.45) is 11.1 Å². The molecular formula is C37H44N4O7. The molecule has 3 amide bonds. The third kappa shape index (κ3) is 7.72. The van der Waals surface area contributed by atoms with Crippen LogP contribution in [0.2, 0.25) is 0 Å². The predicted octanol–water partition coefficient (Wildman–Crippen LogP) is 5.19. The van der Waals surface area contributed by atoms with E-state index in [1.54, 1.807) is 6.21 Å². The molecule has 1 saturated heterocycles. The summed E-state index contributed by atoms with van der Waals surface area (Å²) in [6, 6.07) is 15.8. The lowest BCUT2D eigenvalue weighted by atomic mass is 10.0. The van der Waals surface area contributed by atoms with Crippen LogP contribution in [0.15, 0.2) is 71.9 Å². The van der Waals surface area contributed by atoms with Crippen LogP contribution >= 0.6 is 0 Å². The van der Waals surface area contributed by atoms with E-state index in [-0.39, 0.29) is 31.4 Å². The molecule has 3 N–H and O–H groups in total. The van der Waals surface area contributed by atoms with Crippen LogP contribution in [0.4, 0.5) is 4.79 Å². The Hall–Kier alpha value is -4.67. The number of hydrogen-bond acceptors (Lipinski definition) is 7. The van der Waals surface area contributed by atoms with E-state index < -0.39 is 47.6 Å². The molecule has 0 unspecified atom stereocenters. The lowest BCUT2D eigenvalue weighted by molar-refractivity contribution is -0.145. The molecular weight excluding hydrogens is 612 g/mol. The first-order valence-electron chi connectivity index (χ1n) is 17.2. The zero-order valence-electron chi connectivity index (χ0n) is 27.1. The van der Waals surface area contributed by atoms with Crippen LogP contribution in [-0.4, -0.2) is 76.5 Å². The molecule has 48 heavy (non-hydrogen) atoms. The Labute approximate surface area is 280 Å². The zero-order chi connectivity index (χ0) is 33.5. The minimum Gasteiger partial charge on any atom is -0.479 e. The fourth-order valence-electron chi connectivity index (χ4n) is 7.14. The number of carboxylic acid groups (broad SMARTS) is 1. The third-order valence-electron chi connectivity index (χ3n) is 9.94. The monoisotopic (exact) mass is 656 g/mol. The summed E-state index contributed by atoms with van der Waals surface area (Å²) in [5, 5.41) is 19.9. The first-order valence-corrected chi connectivity index (χ1v) is 17.2. The summed E-state index contributed by atoms with van der Waals surface area (Å²) in [7, 11) is 0. The van der Waals surface area contributed by atoms with Crippen LogP contribution in [0.3, 0.4) is 0 Å². The van der Waals surface area contributed by atoms with E-state index in [9.17, 15) is 24.3 Å². The molecule has 2 aliphatic heterocycles. The Kier molecular flexibility index (Phi) is 10.4. The molecule has 2 heterocycles. The van der Waals surface area contributed by atoms with Crippen LogP contribution in [0.5, 0.6) is 0 Å². The summed E-state index contributed by atoms with van der Waals surface area (Å²) in [6.45, 7) is 0.0495. The Bertz CT molecular complexity index is 1540. The van der Waals surface area contributed by atoms with Crippen molar-refractivity contribution in [3.63, 3.8) is 0 Å². The summed E-state index contributed by atoms with van der Waals surface area (Å²) in [5.41, 5.74) is 1.43. The number of benzene rings is 2. The molecule has 3 fully saturated rings. The van der Waals surface area contributed by atoms with Crippen LogP contribution in [-0.2, 0) is 24.0 Å². The fraction of sp³-hybridized carbons (Fsp3) is 0.486. The highest BCUT2D eigenvalue weighted by Gasteiger charge is 2.61. The minimum atomic E-state index is -1.41. The van der Waals surface area contributed by atoms with Crippen LogP contribution in [0.1, 0.15) is 76.2 Å². The molecule has 6 rings (SSSR count). The van der Waals surface area contributed by atoms with E-state index in [0.717, 1.165) is 61.6 Å². The van der Waals surface area contributed by atoms with Crippen molar-refractivity contribution >= 4 is 30.1 Å². The molecule has 0 bridgehead atoms. The molecule has 254 valence electrons. The number of carbonyl (C=O) groups is 4.